The Labute approximate surface area is 157 Å². The molecule has 5 rings (SSSR count). The minimum Gasteiger partial charge on any atom is -0.508 e. The first-order chi connectivity index (χ1) is 13.6. The highest BCUT2D eigenvalue weighted by molar-refractivity contribution is 5.64. The Kier molecular flexibility index (Phi) is 3.54. The quantitative estimate of drug-likeness (QED) is 0.412. The van der Waals surface area contributed by atoms with E-state index >= 15 is 0 Å². The zero-order valence-electron chi connectivity index (χ0n) is 14.6. The van der Waals surface area contributed by atoms with Gasteiger partial charge in [-0.15, -0.1) is 0 Å². The number of nitrogens with one attached hydrogen (secondary N) is 2. The second kappa shape index (κ2) is 6.08. The molecule has 0 unspecified atom stereocenters. The lowest BCUT2D eigenvalue weighted by molar-refractivity contribution is 0.454. The van der Waals surface area contributed by atoms with Crippen molar-refractivity contribution < 1.29 is 10.2 Å². The predicted octanol–water partition coefficient (Wildman–Crippen LogP) is 0.435. The van der Waals surface area contributed by atoms with E-state index in [-0.39, 0.29) is 17.3 Å². The van der Waals surface area contributed by atoms with Crippen LogP contribution < -0.4 is 16.4 Å². The lowest BCUT2D eigenvalue weighted by atomic mass is 10.1. The van der Waals surface area contributed by atoms with Crippen molar-refractivity contribution in [1.82, 2.24) is 24.6 Å². The summed E-state index contributed by atoms with van der Waals surface area (Å²) in [6.45, 7) is 0. The molecule has 28 heavy (non-hydrogen) atoms. The summed E-state index contributed by atoms with van der Waals surface area (Å²) < 4.78 is 1.65. The van der Waals surface area contributed by atoms with E-state index < -0.39 is 5.69 Å². The Morgan fingerprint density at radius 1 is 1.18 bits per heavy atom. The lowest BCUT2D eigenvalue weighted by Crippen LogP contribution is -2.19. The molecule has 9 nitrogen and oxygen atoms in total. The Balaban J connectivity index is 1.77. The first kappa shape index (κ1) is 16.3. The first-order valence-corrected chi connectivity index (χ1v) is 8.82. The predicted molar refractivity (Wildman–Crippen MR) is 101 cm³/mol. The largest absolute Gasteiger partial charge is 0.508 e. The van der Waals surface area contributed by atoms with Crippen molar-refractivity contribution in [2.45, 2.75) is 18.9 Å². The number of H-pyrrole nitrogens is 2. The molecule has 1 aromatic carbocycles. The number of hydrogen-bond acceptors (Lipinski definition) is 6. The Morgan fingerprint density at radius 2 is 1.96 bits per heavy atom. The number of nitrogens with zero attached hydrogens (tertiary/aromatic N) is 4. The van der Waals surface area contributed by atoms with Crippen molar-refractivity contribution in [2.24, 2.45) is 4.99 Å². The number of aromatic hydroxyl groups is 2. The van der Waals surface area contributed by atoms with Crippen LogP contribution in [0.2, 0.25) is 0 Å². The van der Waals surface area contributed by atoms with Crippen LogP contribution in [0.15, 0.2) is 46.3 Å². The van der Waals surface area contributed by atoms with Gasteiger partial charge in [0.2, 0.25) is 5.88 Å². The van der Waals surface area contributed by atoms with Crippen LogP contribution in [-0.4, -0.2) is 40.8 Å². The maximum Gasteiger partial charge on any atom is 0.326 e. The molecule has 0 atom stereocenters. The molecular formula is C19H16N6O3. The van der Waals surface area contributed by atoms with Crippen LogP contribution in [0.1, 0.15) is 18.5 Å². The van der Waals surface area contributed by atoms with Gasteiger partial charge in [0, 0.05) is 16.8 Å². The average molecular weight is 376 g/mol. The minimum atomic E-state index is -0.498. The number of rotatable bonds is 3. The number of aromatic amines is 2. The van der Waals surface area contributed by atoms with Crippen LogP contribution in [-0.2, 0) is 0 Å². The van der Waals surface area contributed by atoms with Gasteiger partial charge in [-0.05, 0) is 43.2 Å². The fraction of sp³-hybridized carbons (Fsp3) is 0.158. The fourth-order valence-electron chi connectivity index (χ4n) is 2.98. The number of phenols is 1. The standard InChI is InChI=1S/C19H16N6O3/c26-13-5-1-10(2-6-13)14-8-16(21-12-3-4-12)25-17(22-14)11(9-20-25)7-15-18(27)24-19(28)23-15/h1-2,5-9,12,26-27H,3-4H2,(H2,23,24,28)/b11-7+,21-16?. The summed E-state index contributed by atoms with van der Waals surface area (Å²) in [5.41, 5.74) is 2.50. The van der Waals surface area contributed by atoms with Crippen molar-refractivity contribution in [3.8, 4) is 22.9 Å². The van der Waals surface area contributed by atoms with Crippen molar-refractivity contribution >= 4 is 11.7 Å². The van der Waals surface area contributed by atoms with Gasteiger partial charge in [0.15, 0.2) is 11.1 Å². The highest BCUT2D eigenvalue weighted by atomic mass is 16.3. The Bertz CT molecular complexity index is 1360. The van der Waals surface area contributed by atoms with E-state index in [1.165, 1.54) is 0 Å². The lowest BCUT2D eigenvalue weighted by Gasteiger charge is -2.03. The number of aromatic nitrogens is 5. The smallest absolute Gasteiger partial charge is 0.326 e. The van der Waals surface area contributed by atoms with E-state index in [9.17, 15) is 15.0 Å². The van der Waals surface area contributed by atoms with Crippen LogP contribution in [0, 0.1) is 0 Å². The van der Waals surface area contributed by atoms with Gasteiger partial charge in [-0.2, -0.15) is 9.61 Å². The highest BCUT2D eigenvalue weighted by Crippen LogP contribution is 2.23. The highest BCUT2D eigenvalue weighted by Gasteiger charge is 2.20. The van der Waals surface area contributed by atoms with Crippen LogP contribution >= 0.6 is 0 Å². The molecule has 1 aliphatic carbocycles. The molecule has 1 aliphatic rings. The molecule has 4 N–H and O–H groups in total. The number of fused-ring (bicyclic) bond motifs is 1. The first-order valence-electron chi connectivity index (χ1n) is 8.82. The molecule has 9 heteroatoms. The van der Waals surface area contributed by atoms with Gasteiger partial charge >= 0.3 is 5.69 Å². The molecule has 0 spiro atoms. The van der Waals surface area contributed by atoms with Gasteiger partial charge in [-0.3, -0.25) is 9.98 Å². The van der Waals surface area contributed by atoms with E-state index in [0.29, 0.717) is 28.1 Å². The molecular weight excluding hydrogens is 360 g/mol. The maximum atomic E-state index is 11.4. The van der Waals surface area contributed by atoms with Gasteiger partial charge in [-0.25, -0.2) is 9.78 Å². The van der Waals surface area contributed by atoms with Gasteiger partial charge in [0.05, 0.1) is 17.9 Å². The monoisotopic (exact) mass is 376 g/mol. The normalized spacial score (nSPS) is 15.6. The summed E-state index contributed by atoms with van der Waals surface area (Å²) in [6, 6.07) is 8.93. The topological polar surface area (TPSA) is 132 Å². The Hall–Kier alpha value is -3.88. The molecule has 0 saturated heterocycles. The molecule has 0 amide bonds. The molecule has 4 aromatic rings. The summed E-state index contributed by atoms with van der Waals surface area (Å²) in [5, 5.41) is 24.4. The van der Waals surface area contributed by atoms with E-state index in [1.807, 2.05) is 6.07 Å². The van der Waals surface area contributed by atoms with Crippen LogP contribution in [0.3, 0.4) is 0 Å². The van der Waals surface area contributed by atoms with Gasteiger partial charge in [0.25, 0.3) is 0 Å². The van der Waals surface area contributed by atoms with E-state index in [4.69, 9.17) is 9.98 Å². The van der Waals surface area contributed by atoms with Gasteiger partial charge in [-0.1, -0.05) is 0 Å². The Morgan fingerprint density at radius 3 is 2.64 bits per heavy atom. The summed E-state index contributed by atoms with van der Waals surface area (Å²) in [7, 11) is 0. The SMILES string of the molecule is O=c1[nH]c(O)c(/C=c2\cnn3c(=NC4CC4)cc(-c4ccc(O)cc4)nc23)[nH]1. The second-order valence-electron chi connectivity index (χ2n) is 6.73. The summed E-state index contributed by atoms with van der Waals surface area (Å²) >= 11 is 0. The molecule has 0 aliphatic heterocycles. The van der Waals surface area contributed by atoms with Crippen molar-refractivity contribution in [1.29, 1.82) is 0 Å². The minimum absolute atomic E-state index is 0.179. The second-order valence-corrected chi connectivity index (χ2v) is 6.73. The average Bonchev–Trinajstić information content (AvgIpc) is 3.31. The van der Waals surface area contributed by atoms with Crippen molar-refractivity contribution in [3.05, 3.63) is 63.4 Å². The third-order valence-electron chi connectivity index (χ3n) is 4.54. The number of hydrogen-bond donors (Lipinski definition) is 4. The van der Waals surface area contributed by atoms with Crippen molar-refractivity contribution in [3.63, 3.8) is 0 Å². The zero-order valence-corrected chi connectivity index (χ0v) is 14.6. The van der Waals surface area contributed by atoms with Crippen molar-refractivity contribution in [2.75, 3.05) is 0 Å². The molecule has 0 bridgehead atoms. The van der Waals surface area contributed by atoms with Crippen LogP contribution in [0.25, 0.3) is 23.0 Å². The van der Waals surface area contributed by atoms with Crippen LogP contribution in [0.4, 0.5) is 0 Å². The summed E-state index contributed by atoms with van der Waals surface area (Å²) in [5.74, 6) is -0.0695. The van der Waals surface area contributed by atoms with Crippen LogP contribution in [0.5, 0.6) is 11.6 Å². The summed E-state index contributed by atoms with van der Waals surface area (Å²) in [6.07, 6.45) is 5.32. The molecule has 3 aromatic heterocycles. The maximum absolute atomic E-state index is 11.4. The number of imidazole rings is 1. The molecule has 0 radical (unpaired) electrons. The fourth-order valence-corrected chi connectivity index (χ4v) is 2.98. The molecule has 1 fully saturated rings. The molecule has 1 saturated carbocycles. The zero-order chi connectivity index (χ0) is 19.3. The van der Waals surface area contributed by atoms with Gasteiger partial charge < -0.3 is 15.2 Å². The van der Waals surface area contributed by atoms with Gasteiger partial charge in [0.1, 0.15) is 11.4 Å². The number of benzene rings is 1. The van der Waals surface area contributed by atoms with E-state index in [2.05, 4.69) is 15.1 Å². The third-order valence-corrected chi connectivity index (χ3v) is 4.54. The summed E-state index contributed by atoms with van der Waals surface area (Å²) in [4.78, 5) is 25.6. The third kappa shape index (κ3) is 2.92. The molecule has 3 heterocycles. The molecule has 140 valence electrons. The van der Waals surface area contributed by atoms with E-state index in [0.717, 1.165) is 18.4 Å². The van der Waals surface area contributed by atoms with E-state index in [1.54, 1.807) is 41.1 Å². The number of phenolic OH excluding ortho intramolecular Hbond substituents is 1.